The van der Waals surface area contributed by atoms with E-state index in [9.17, 15) is 4.79 Å². The summed E-state index contributed by atoms with van der Waals surface area (Å²) in [4.78, 5) is 23.3. The van der Waals surface area contributed by atoms with Gasteiger partial charge in [0, 0.05) is 50.2 Å². The number of hydrogen-bond donors (Lipinski definition) is 1. The predicted octanol–water partition coefficient (Wildman–Crippen LogP) is 2.61. The van der Waals surface area contributed by atoms with E-state index in [2.05, 4.69) is 20.4 Å². The zero-order valence-electron chi connectivity index (χ0n) is 15.8. The molecule has 3 rings (SSSR count). The molecule has 0 saturated heterocycles. The number of nitrogens with zero attached hydrogens (tertiary/aromatic N) is 5. The van der Waals surface area contributed by atoms with Gasteiger partial charge in [0.25, 0.3) is 5.91 Å². The number of hydrogen-bond acceptors (Lipinski definition) is 5. The molecule has 0 saturated carbocycles. The quantitative estimate of drug-likeness (QED) is 0.697. The molecular weight excluding hydrogens is 340 g/mol. The van der Waals surface area contributed by atoms with Crippen LogP contribution in [0.25, 0.3) is 11.3 Å². The minimum atomic E-state index is -0.0958. The van der Waals surface area contributed by atoms with Crippen molar-refractivity contribution in [2.75, 3.05) is 19.0 Å². The SMILES string of the molecule is CC(CCn1cccn1)NC(=O)c1cccc(-c2cncc(N(C)C)n2)c1. The molecule has 0 fully saturated rings. The van der Waals surface area contributed by atoms with E-state index in [4.69, 9.17) is 0 Å². The van der Waals surface area contributed by atoms with Crippen LogP contribution in [0.2, 0.25) is 0 Å². The fraction of sp³-hybridized carbons (Fsp3) is 0.300. The Hall–Kier alpha value is -3.22. The molecule has 1 amide bonds. The molecule has 1 atom stereocenters. The summed E-state index contributed by atoms with van der Waals surface area (Å²) < 4.78 is 1.86. The lowest BCUT2D eigenvalue weighted by molar-refractivity contribution is 0.0937. The standard InChI is InChI=1S/C20H24N6O/c1-15(8-11-26-10-5-9-22-26)23-20(27)17-7-4-6-16(12-17)18-13-21-14-19(24-18)25(2)3/h4-7,9-10,12-15H,8,11H2,1-3H3,(H,23,27). The van der Waals surface area contributed by atoms with Gasteiger partial charge in [-0.3, -0.25) is 14.5 Å². The summed E-state index contributed by atoms with van der Waals surface area (Å²) in [6, 6.07) is 9.39. The molecule has 1 unspecified atom stereocenters. The van der Waals surface area contributed by atoms with Crippen molar-refractivity contribution in [2.24, 2.45) is 0 Å². The van der Waals surface area contributed by atoms with Crippen molar-refractivity contribution < 1.29 is 4.79 Å². The summed E-state index contributed by atoms with van der Waals surface area (Å²) in [5, 5.41) is 7.22. The maximum Gasteiger partial charge on any atom is 0.251 e. The Morgan fingerprint density at radius 3 is 2.85 bits per heavy atom. The molecule has 27 heavy (non-hydrogen) atoms. The molecule has 7 heteroatoms. The van der Waals surface area contributed by atoms with E-state index in [0.29, 0.717) is 5.56 Å². The van der Waals surface area contributed by atoms with Crippen LogP contribution in [-0.4, -0.2) is 45.8 Å². The first-order valence-corrected chi connectivity index (χ1v) is 8.91. The molecule has 3 aromatic rings. The maximum atomic E-state index is 12.6. The second kappa shape index (κ2) is 8.44. The summed E-state index contributed by atoms with van der Waals surface area (Å²) in [5.41, 5.74) is 2.21. The maximum absolute atomic E-state index is 12.6. The van der Waals surface area contributed by atoms with Crippen LogP contribution < -0.4 is 10.2 Å². The smallest absolute Gasteiger partial charge is 0.251 e. The Kier molecular flexibility index (Phi) is 5.80. The highest BCUT2D eigenvalue weighted by Crippen LogP contribution is 2.20. The number of carbonyl (C=O) groups excluding carboxylic acids is 1. The van der Waals surface area contributed by atoms with Crippen molar-refractivity contribution >= 4 is 11.7 Å². The number of nitrogens with one attached hydrogen (secondary N) is 1. The molecule has 1 aromatic carbocycles. The summed E-state index contributed by atoms with van der Waals surface area (Å²) in [5.74, 6) is 0.677. The molecule has 7 nitrogen and oxygen atoms in total. The van der Waals surface area contributed by atoms with E-state index in [1.807, 2.05) is 67.1 Å². The van der Waals surface area contributed by atoms with E-state index in [1.165, 1.54) is 0 Å². The van der Waals surface area contributed by atoms with E-state index in [0.717, 1.165) is 30.0 Å². The van der Waals surface area contributed by atoms with Gasteiger partial charge in [-0.1, -0.05) is 12.1 Å². The van der Waals surface area contributed by atoms with Gasteiger partial charge < -0.3 is 10.2 Å². The van der Waals surface area contributed by atoms with Gasteiger partial charge in [0.05, 0.1) is 18.1 Å². The number of carbonyl (C=O) groups is 1. The summed E-state index contributed by atoms with van der Waals surface area (Å²) in [6.07, 6.45) is 7.89. The Bertz CT molecular complexity index is 891. The minimum Gasteiger partial charge on any atom is -0.361 e. The van der Waals surface area contributed by atoms with E-state index >= 15 is 0 Å². The zero-order chi connectivity index (χ0) is 19.2. The van der Waals surface area contributed by atoms with Crippen LogP contribution in [0.5, 0.6) is 0 Å². The first-order valence-electron chi connectivity index (χ1n) is 8.91. The summed E-state index contributed by atoms with van der Waals surface area (Å²) in [7, 11) is 3.84. The van der Waals surface area contributed by atoms with Gasteiger partial charge in [-0.2, -0.15) is 5.10 Å². The monoisotopic (exact) mass is 364 g/mol. The third-order valence-corrected chi connectivity index (χ3v) is 4.23. The molecule has 1 N–H and O–H groups in total. The molecule has 0 spiro atoms. The number of benzene rings is 1. The Morgan fingerprint density at radius 1 is 1.26 bits per heavy atom. The normalized spacial score (nSPS) is 11.8. The average molecular weight is 364 g/mol. The molecule has 0 bridgehead atoms. The third kappa shape index (κ3) is 4.91. The van der Waals surface area contributed by atoms with Gasteiger partial charge in [0.1, 0.15) is 5.82 Å². The van der Waals surface area contributed by atoms with Crippen LogP contribution in [0.1, 0.15) is 23.7 Å². The van der Waals surface area contributed by atoms with Crippen LogP contribution in [-0.2, 0) is 6.54 Å². The highest BCUT2D eigenvalue weighted by molar-refractivity contribution is 5.95. The largest absolute Gasteiger partial charge is 0.361 e. The van der Waals surface area contributed by atoms with Gasteiger partial charge in [-0.15, -0.1) is 0 Å². The Labute approximate surface area is 159 Å². The first-order chi connectivity index (χ1) is 13.0. The summed E-state index contributed by atoms with van der Waals surface area (Å²) >= 11 is 0. The fourth-order valence-electron chi connectivity index (χ4n) is 2.67. The number of anilines is 1. The predicted molar refractivity (Wildman–Crippen MR) is 106 cm³/mol. The van der Waals surface area contributed by atoms with Gasteiger partial charge in [0.2, 0.25) is 0 Å². The molecule has 0 aliphatic carbocycles. The van der Waals surface area contributed by atoms with Crippen molar-refractivity contribution in [3.05, 3.63) is 60.7 Å². The Balaban J connectivity index is 1.67. The number of aromatic nitrogens is 4. The van der Waals surface area contributed by atoms with Crippen molar-refractivity contribution in [1.29, 1.82) is 0 Å². The van der Waals surface area contributed by atoms with Crippen LogP contribution >= 0.6 is 0 Å². The first kappa shape index (κ1) is 18.6. The second-order valence-electron chi connectivity index (χ2n) is 6.67. The number of amides is 1. The topological polar surface area (TPSA) is 75.9 Å². The minimum absolute atomic E-state index is 0.0437. The van der Waals surface area contributed by atoms with Crippen LogP contribution in [0.4, 0.5) is 5.82 Å². The molecular formula is C20H24N6O. The van der Waals surface area contributed by atoms with Gasteiger partial charge >= 0.3 is 0 Å². The van der Waals surface area contributed by atoms with Gasteiger partial charge in [-0.05, 0) is 31.5 Å². The Morgan fingerprint density at radius 2 is 2.11 bits per heavy atom. The molecule has 2 heterocycles. The van der Waals surface area contributed by atoms with E-state index in [1.54, 1.807) is 18.6 Å². The van der Waals surface area contributed by atoms with Crippen molar-refractivity contribution in [2.45, 2.75) is 25.9 Å². The van der Waals surface area contributed by atoms with Crippen molar-refractivity contribution in [1.82, 2.24) is 25.1 Å². The molecule has 0 aliphatic heterocycles. The van der Waals surface area contributed by atoms with E-state index in [-0.39, 0.29) is 11.9 Å². The molecule has 2 aromatic heterocycles. The van der Waals surface area contributed by atoms with Crippen LogP contribution in [0, 0.1) is 0 Å². The second-order valence-corrected chi connectivity index (χ2v) is 6.67. The number of rotatable bonds is 7. The summed E-state index contributed by atoms with van der Waals surface area (Å²) in [6.45, 7) is 2.76. The van der Waals surface area contributed by atoms with Crippen molar-refractivity contribution in [3.63, 3.8) is 0 Å². The van der Waals surface area contributed by atoms with Gasteiger partial charge in [-0.25, -0.2) is 4.98 Å². The van der Waals surface area contributed by atoms with Crippen LogP contribution in [0.15, 0.2) is 55.1 Å². The third-order valence-electron chi connectivity index (χ3n) is 4.23. The van der Waals surface area contributed by atoms with Crippen molar-refractivity contribution in [3.8, 4) is 11.3 Å². The lowest BCUT2D eigenvalue weighted by atomic mass is 10.1. The van der Waals surface area contributed by atoms with Crippen LogP contribution in [0.3, 0.4) is 0 Å². The molecule has 140 valence electrons. The lowest BCUT2D eigenvalue weighted by Crippen LogP contribution is -2.33. The molecule has 0 aliphatic rings. The highest BCUT2D eigenvalue weighted by atomic mass is 16.1. The average Bonchev–Trinajstić information content (AvgIpc) is 3.20. The van der Waals surface area contributed by atoms with Gasteiger partial charge in [0.15, 0.2) is 0 Å². The molecule has 0 radical (unpaired) electrons. The number of aryl methyl sites for hydroxylation is 1. The fourth-order valence-corrected chi connectivity index (χ4v) is 2.67. The lowest BCUT2D eigenvalue weighted by Gasteiger charge is -2.15. The van der Waals surface area contributed by atoms with E-state index < -0.39 is 0 Å². The highest BCUT2D eigenvalue weighted by Gasteiger charge is 2.12. The zero-order valence-corrected chi connectivity index (χ0v) is 15.8.